The van der Waals surface area contributed by atoms with Crippen molar-refractivity contribution in [1.29, 1.82) is 0 Å². The third-order valence-electron chi connectivity index (χ3n) is 4.14. The molecule has 1 unspecified atom stereocenters. The number of hydrogen-bond acceptors (Lipinski definition) is 2. The van der Waals surface area contributed by atoms with E-state index < -0.39 is 31.4 Å². The third-order valence-corrected chi connectivity index (χ3v) is 4.14. The van der Waals surface area contributed by atoms with Crippen LogP contribution in [0.25, 0.3) is 0 Å². The molecule has 1 atom stereocenters. The predicted molar refractivity (Wildman–Crippen MR) is 88.7 cm³/mol. The molecule has 0 aromatic heterocycles. The number of alkyl halides is 6. The van der Waals surface area contributed by atoms with Crippen LogP contribution in [0.4, 0.5) is 26.3 Å². The quantitative estimate of drug-likeness (QED) is 0.192. The van der Waals surface area contributed by atoms with Crippen molar-refractivity contribution in [3.63, 3.8) is 0 Å². The molecular weight excluding hydrogens is 362 g/mol. The molecule has 0 saturated carbocycles. The van der Waals surface area contributed by atoms with E-state index in [1.807, 2.05) is 0 Å². The number of halogens is 6. The van der Waals surface area contributed by atoms with Crippen LogP contribution in [-0.4, -0.2) is 31.4 Å². The molecule has 0 radical (unpaired) electrons. The Kier molecular flexibility index (Phi) is 11.1. The summed E-state index contributed by atoms with van der Waals surface area (Å²) in [5.41, 5.74) is 0. The lowest BCUT2D eigenvalue weighted by Gasteiger charge is -2.31. The van der Waals surface area contributed by atoms with Gasteiger partial charge in [-0.15, -0.1) is 0 Å². The summed E-state index contributed by atoms with van der Waals surface area (Å²) in [5.74, 6) is -0.766. The fraction of sp³-hybridized carbons (Fsp3) is 1.00. The van der Waals surface area contributed by atoms with Gasteiger partial charge in [0.1, 0.15) is 13.2 Å². The van der Waals surface area contributed by atoms with Crippen molar-refractivity contribution in [2.45, 2.75) is 90.8 Å². The average molecular weight is 394 g/mol. The summed E-state index contributed by atoms with van der Waals surface area (Å²) in [4.78, 5) is 0. The number of unbranched alkanes of at least 4 members (excludes halogenated alkanes) is 1. The first-order chi connectivity index (χ1) is 11.7. The van der Waals surface area contributed by atoms with E-state index in [2.05, 4.69) is 30.2 Å². The molecule has 0 aliphatic heterocycles. The van der Waals surface area contributed by atoms with Crippen molar-refractivity contribution >= 4 is 0 Å². The number of hydrogen-bond donors (Lipinski definition) is 0. The van der Waals surface area contributed by atoms with E-state index in [-0.39, 0.29) is 6.42 Å². The number of ether oxygens (including phenoxy) is 2. The molecule has 0 heterocycles. The van der Waals surface area contributed by atoms with Crippen LogP contribution in [0.15, 0.2) is 0 Å². The Morgan fingerprint density at radius 3 is 1.58 bits per heavy atom. The Balaban J connectivity index is 4.32. The van der Waals surface area contributed by atoms with Gasteiger partial charge in [0.2, 0.25) is 0 Å². The van der Waals surface area contributed by atoms with E-state index >= 15 is 0 Å². The van der Waals surface area contributed by atoms with Gasteiger partial charge in [0.15, 0.2) is 5.79 Å². The first-order valence-electron chi connectivity index (χ1n) is 9.14. The van der Waals surface area contributed by atoms with Gasteiger partial charge in [-0.3, -0.25) is 0 Å². The Morgan fingerprint density at radius 2 is 1.15 bits per heavy atom. The summed E-state index contributed by atoms with van der Waals surface area (Å²) in [7, 11) is 0. The minimum Gasteiger partial charge on any atom is -0.341 e. The van der Waals surface area contributed by atoms with E-state index in [1.54, 1.807) is 0 Å². The molecule has 0 rings (SSSR count). The van der Waals surface area contributed by atoms with Gasteiger partial charge in [0, 0.05) is 6.42 Å². The second-order valence-corrected chi connectivity index (χ2v) is 7.62. The van der Waals surface area contributed by atoms with E-state index in [0.717, 1.165) is 32.6 Å². The predicted octanol–water partition coefficient (Wildman–Crippen LogP) is 6.88. The Bertz CT molecular complexity index is 348. The van der Waals surface area contributed by atoms with Gasteiger partial charge in [-0.25, -0.2) is 0 Å². The zero-order valence-corrected chi connectivity index (χ0v) is 16.1. The van der Waals surface area contributed by atoms with Crippen LogP contribution in [0.2, 0.25) is 0 Å². The molecule has 0 saturated heterocycles. The molecule has 0 bridgehead atoms. The van der Waals surface area contributed by atoms with Crippen molar-refractivity contribution in [3.8, 4) is 0 Å². The fourth-order valence-electron chi connectivity index (χ4n) is 2.61. The van der Waals surface area contributed by atoms with Crippen LogP contribution in [0.3, 0.4) is 0 Å². The molecule has 0 N–H and O–H groups in total. The molecule has 0 aliphatic carbocycles. The summed E-state index contributed by atoms with van der Waals surface area (Å²) in [6, 6.07) is 0. The highest BCUT2D eigenvalue weighted by Crippen LogP contribution is 2.28. The van der Waals surface area contributed by atoms with Gasteiger partial charge in [0.05, 0.1) is 0 Å². The summed E-state index contributed by atoms with van der Waals surface area (Å²) >= 11 is 0. The van der Waals surface area contributed by atoms with Crippen LogP contribution in [0.5, 0.6) is 0 Å². The molecule has 2 nitrogen and oxygen atoms in total. The zero-order valence-electron chi connectivity index (χ0n) is 16.1. The SMILES string of the molecule is CC(C)CCCC(C)CCCCC(C)(OCC(F)(F)F)OCC(F)(F)F. The van der Waals surface area contributed by atoms with Crippen molar-refractivity contribution in [3.05, 3.63) is 0 Å². The van der Waals surface area contributed by atoms with Crippen molar-refractivity contribution in [1.82, 2.24) is 0 Å². The van der Waals surface area contributed by atoms with Crippen LogP contribution < -0.4 is 0 Å². The van der Waals surface area contributed by atoms with Crippen LogP contribution in [0, 0.1) is 11.8 Å². The van der Waals surface area contributed by atoms with Gasteiger partial charge < -0.3 is 9.47 Å². The van der Waals surface area contributed by atoms with E-state index in [1.165, 1.54) is 0 Å². The average Bonchev–Trinajstić information content (AvgIpc) is 2.46. The van der Waals surface area contributed by atoms with E-state index in [4.69, 9.17) is 0 Å². The second kappa shape index (κ2) is 11.4. The number of rotatable bonds is 13. The third kappa shape index (κ3) is 15.7. The molecule has 0 spiro atoms. The van der Waals surface area contributed by atoms with Crippen molar-refractivity contribution < 1.29 is 35.8 Å². The maximum absolute atomic E-state index is 12.3. The van der Waals surface area contributed by atoms with Crippen molar-refractivity contribution in [2.75, 3.05) is 13.2 Å². The van der Waals surface area contributed by atoms with Gasteiger partial charge in [-0.05, 0) is 25.2 Å². The van der Waals surface area contributed by atoms with E-state index in [0.29, 0.717) is 24.7 Å². The molecule has 8 heteroatoms. The molecule has 0 aromatic carbocycles. The first kappa shape index (κ1) is 25.5. The minimum atomic E-state index is -4.62. The molecule has 0 aromatic rings. The Labute approximate surface area is 152 Å². The van der Waals surface area contributed by atoms with Gasteiger partial charge in [-0.1, -0.05) is 52.9 Å². The topological polar surface area (TPSA) is 18.5 Å². The summed E-state index contributed by atoms with van der Waals surface area (Å²) < 4.78 is 83.2. The zero-order chi connectivity index (χ0) is 20.4. The second-order valence-electron chi connectivity index (χ2n) is 7.62. The van der Waals surface area contributed by atoms with Gasteiger partial charge in [-0.2, -0.15) is 26.3 Å². The summed E-state index contributed by atoms with van der Waals surface area (Å²) in [6.07, 6.45) is -3.86. The summed E-state index contributed by atoms with van der Waals surface area (Å²) in [6.45, 7) is 4.30. The largest absolute Gasteiger partial charge is 0.411 e. The Hall–Kier alpha value is -0.500. The highest BCUT2D eigenvalue weighted by atomic mass is 19.4. The van der Waals surface area contributed by atoms with Crippen LogP contribution in [0.1, 0.15) is 72.6 Å². The van der Waals surface area contributed by atoms with Crippen LogP contribution in [-0.2, 0) is 9.47 Å². The summed E-state index contributed by atoms with van der Waals surface area (Å²) in [5, 5.41) is 0. The monoisotopic (exact) mass is 394 g/mol. The molecule has 158 valence electrons. The van der Waals surface area contributed by atoms with Crippen molar-refractivity contribution in [2.24, 2.45) is 11.8 Å². The van der Waals surface area contributed by atoms with E-state index in [9.17, 15) is 26.3 Å². The molecular formula is C18H32F6O2. The normalized spacial score (nSPS) is 14.9. The maximum atomic E-state index is 12.3. The Morgan fingerprint density at radius 1 is 0.692 bits per heavy atom. The molecule has 26 heavy (non-hydrogen) atoms. The minimum absolute atomic E-state index is 0.0160. The lowest BCUT2D eigenvalue weighted by molar-refractivity contribution is -0.305. The standard InChI is InChI=1S/C18H32F6O2/c1-14(2)8-7-10-15(3)9-5-6-11-16(4,25-12-17(19,20)21)26-13-18(22,23)24/h14-15H,5-13H2,1-4H3. The maximum Gasteiger partial charge on any atom is 0.411 e. The molecule has 0 amide bonds. The first-order valence-corrected chi connectivity index (χ1v) is 9.14. The lowest BCUT2D eigenvalue weighted by Crippen LogP contribution is -2.39. The smallest absolute Gasteiger partial charge is 0.341 e. The fourth-order valence-corrected chi connectivity index (χ4v) is 2.61. The highest BCUT2D eigenvalue weighted by Gasteiger charge is 2.38. The van der Waals surface area contributed by atoms with Gasteiger partial charge in [0.25, 0.3) is 0 Å². The van der Waals surface area contributed by atoms with Gasteiger partial charge >= 0.3 is 12.4 Å². The molecule has 0 fully saturated rings. The van der Waals surface area contributed by atoms with Crippen LogP contribution >= 0.6 is 0 Å². The lowest BCUT2D eigenvalue weighted by atomic mass is 9.94. The highest BCUT2D eigenvalue weighted by molar-refractivity contribution is 4.67. The molecule has 0 aliphatic rings.